The van der Waals surface area contributed by atoms with Gasteiger partial charge >= 0.3 is 0 Å². The van der Waals surface area contributed by atoms with Gasteiger partial charge in [0.1, 0.15) is 0 Å². The molecule has 1 aromatic rings. The van der Waals surface area contributed by atoms with Crippen molar-refractivity contribution in [1.29, 1.82) is 0 Å². The standard InChI is InChI=1S/C15H23N/c1-12-7-4-5-8-14(12)13(2)16-11-15(3)9-6-10-15/h4-5,7-8,13,16H,6,9-11H2,1-3H3. The first-order chi connectivity index (χ1) is 7.61. The van der Waals surface area contributed by atoms with Gasteiger partial charge in [-0.1, -0.05) is 37.6 Å². The molecule has 1 N–H and O–H groups in total. The highest BCUT2D eigenvalue weighted by Gasteiger charge is 2.31. The molecule has 1 saturated carbocycles. The maximum atomic E-state index is 3.68. The van der Waals surface area contributed by atoms with Crippen molar-refractivity contribution < 1.29 is 0 Å². The molecule has 1 atom stereocenters. The monoisotopic (exact) mass is 217 g/mol. The Hall–Kier alpha value is -0.820. The van der Waals surface area contributed by atoms with Crippen molar-refractivity contribution in [3.63, 3.8) is 0 Å². The minimum Gasteiger partial charge on any atom is -0.310 e. The van der Waals surface area contributed by atoms with Crippen molar-refractivity contribution >= 4 is 0 Å². The lowest BCUT2D eigenvalue weighted by atomic mass is 9.70. The number of rotatable bonds is 4. The summed E-state index contributed by atoms with van der Waals surface area (Å²) in [6, 6.07) is 9.14. The Labute approximate surface area is 99.3 Å². The van der Waals surface area contributed by atoms with Crippen molar-refractivity contribution in [3.8, 4) is 0 Å². The number of hydrogen-bond donors (Lipinski definition) is 1. The predicted octanol–water partition coefficient (Wildman–Crippen LogP) is 3.84. The number of aryl methyl sites for hydroxylation is 1. The normalized spacial score (nSPS) is 20.2. The molecule has 1 aliphatic rings. The first kappa shape index (κ1) is 11.7. The molecule has 1 fully saturated rings. The molecule has 0 radical (unpaired) electrons. The summed E-state index contributed by atoms with van der Waals surface area (Å²) in [7, 11) is 0. The fourth-order valence-electron chi connectivity index (χ4n) is 2.54. The summed E-state index contributed by atoms with van der Waals surface area (Å²) in [6.45, 7) is 8.01. The molecule has 88 valence electrons. The summed E-state index contributed by atoms with van der Waals surface area (Å²) in [5, 5.41) is 3.68. The highest BCUT2D eigenvalue weighted by molar-refractivity contribution is 5.28. The van der Waals surface area contributed by atoms with Crippen LogP contribution in [0.15, 0.2) is 24.3 Å². The van der Waals surface area contributed by atoms with Gasteiger partial charge in [0.2, 0.25) is 0 Å². The lowest BCUT2D eigenvalue weighted by molar-refractivity contribution is 0.152. The largest absolute Gasteiger partial charge is 0.310 e. The van der Waals surface area contributed by atoms with Crippen LogP contribution >= 0.6 is 0 Å². The van der Waals surface area contributed by atoms with Crippen LogP contribution in [0.25, 0.3) is 0 Å². The maximum absolute atomic E-state index is 3.68. The predicted molar refractivity (Wildman–Crippen MR) is 69.6 cm³/mol. The molecule has 0 bridgehead atoms. The van der Waals surface area contributed by atoms with Gasteiger partial charge in [0, 0.05) is 12.6 Å². The second-order valence-electron chi connectivity index (χ2n) is 5.62. The summed E-state index contributed by atoms with van der Waals surface area (Å²) in [5.41, 5.74) is 3.39. The van der Waals surface area contributed by atoms with Crippen molar-refractivity contribution in [2.75, 3.05) is 6.54 Å². The molecule has 0 aliphatic heterocycles. The molecule has 1 unspecified atom stereocenters. The molecule has 2 rings (SSSR count). The number of nitrogens with one attached hydrogen (secondary N) is 1. The van der Waals surface area contributed by atoms with Crippen LogP contribution in [0.4, 0.5) is 0 Å². The first-order valence-corrected chi connectivity index (χ1v) is 6.40. The van der Waals surface area contributed by atoms with E-state index in [1.165, 1.54) is 30.4 Å². The molecule has 1 aliphatic carbocycles. The first-order valence-electron chi connectivity index (χ1n) is 6.40. The lowest BCUT2D eigenvalue weighted by Crippen LogP contribution is -2.38. The maximum Gasteiger partial charge on any atom is 0.0294 e. The van der Waals surface area contributed by atoms with E-state index in [9.17, 15) is 0 Å². The van der Waals surface area contributed by atoms with Crippen molar-refractivity contribution in [2.45, 2.75) is 46.1 Å². The number of benzene rings is 1. The fraction of sp³-hybridized carbons (Fsp3) is 0.600. The van der Waals surface area contributed by atoms with Crippen LogP contribution in [0, 0.1) is 12.3 Å². The van der Waals surface area contributed by atoms with E-state index in [4.69, 9.17) is 0 Å². The van der Waals surface area contributed by atoms with Crippen LogP contribution < -0.4 is 5.32 Å². The van der Waals surface area contributed by atoms with E-state index in [-0.39, 0.29) is 0 Å². The topological polar surface area (TPSA) is 12.0 Å². The van der Waals surface area contributed by atoms with E-state index in [1.54, 1.807) is 0 Å². The van der Waals surface area contributed by atoms with Crippen LogP contribution in [0.1, 0.15) is 50.3 Å². The minimum atomic E-state index is 0.471. The molecule has 1 nitrogen and oxygen atoms in total. The van der Waals surface area contributed by atoms with Crippen molar-refractivity contribution in [1.82, 2.24) is 5.32 Å². The third kappa shape index (κ3) is 2.46. The average Bonchev–Trinajstić information content (AvgIpc) is 2.24. The van der Waals surface area contributed by atoms with E-state index in [2.05, 4.69) is 50.4 Å². The van der Waals surface area contributed by atoms with Gasteiger partial charge in [-0.05, 0) is 43.2 Å². The van der Waals surface area contributed by atoms with E-state index < -0.39 is 0 Å². The van der Waals surface area contributed by atoms with Gasteiger partial charge in [0.25, 0.3) is 0 Å². The molecule has 1 heteroatoms. The number of hydrogen-bond acceptors (Lipinski definition) is 1. The molecule has 0 heterocycles. The van der Waals surface area contributed by atoms with Crippen LogP contribution in [0.2, 0.25) is 0 Å². The second kappa shape index (κ2) is 4.58. The summed E-state index contributed by atoms with van der Waals surface area (Å²) < 4.78 is 0. The smallest absolute Gasteiger partial charge is 0.0294 e. The average molecular weight is 217 g/mol. The quantitative estimate of drug-likeness (QED) is 0.808. The zero-order valence-corrected chi connectivity index (χ0v) is 10.7. The van der Waals surface area contributed by atoms with E-state index in [0.717, 1.165) is 6.54 Å². The summed E-state index contributed by atoms with van der Waals surface area (Å²) >= 11 is 0. The third-order valence-corrected chi connectivity index (χ3v) is 4.05. The van der Waals surface area contributed by atoms with Gasteiger partial charge in [-0.15, -0.1) is 0 Å². The highest BCUT2D eigenvalue weighted by atomic mass is 14.9. The SMILES string of the molecule is Cc1ccccc1C(C)NCC1(C)CCC1. The molecule has 0 spiro atoms. The lowest BCUT2D eigenvalue weighted by Gasteiger charge is -2.39. The van der Waals surface area contributed by atoms with Crippen LogP contribution in [-0.4, -0.2) is 6.54 Å². The van der Waals surface area contributed by atoms with E-state index in [0.29, 0.717) is 11.5 Å². The van der Waals surface area contributed by atoms with Crippen molar-refractivity contribution in [2.24, 2.45) is 5.41 Å². The Balaban J connectivity index is 1.93. The Bertz CT molecular complexity index is 352. The Kier molecular flexibility index (Phi) is 3.34. The summed E-state index contributed by atoms with van der Waals surface area (Å²) in [4.78, 5) is 0. The van der Waals surface area contributed by atoms with Gasteiger partial charge in [0.15, 0.2) is 0 Å². The Morgan fingerprint density at radius 3 is 2.56 bits per heavy atom. The van der Waals surface area contributed by atoms with Crippen LogP contribution in [0.5, 0.6) is 0 Å². The van der Waals surface area contributed by atoms with Gasteiger partial charge in [-0.3, -0.25) is 0 Å². The molecular formula is C15H23N. The zero-order chi connectivity index (χ0) is 11.6. The van der Waals surface area contributed by atoms with Crippen LogP contribution in [0.3, 0.4) is 0 Å². The third-order valence-electron chi connectivity index (χ3n) is 4.05. The van der Waals surface area contributed by atoms with Crippen molar-refractivity contribution in [3.05, 3.63) is 35.4 Å². The van der Waals surface area contributed by atoms with Gasteiger partial charge in [-0.2, -0.15) is 0 Å². The van der Waals surface area contributed by atoms with Gasteiger partial charge in [0.05, 0.1) is 0 Å². The summed E-state index contributed by atoms with van der Waals surface area (Å²) in [5.74, 6) is 0. The Morgan fingerprint density at radius 2 is 2.00 bits per heavy atom. The molecule has 0 saturated heterocycles. The van der Waals surface area contributed by atoms with Crippen LogP contribution in [-0.2, 0) is 0 Å². The molecule has 0 aromatic heterocycles. The van der Waals surface area contributed by atoms with E-state index >= 15 is 0 Å². The van der Waals surface area contributed by atoms with E-state index in [1.807, 2.05) is 0 Å². The molecule has 16 heavy (non-hydrogen) atoms. The highest BCUT2D eigenvalue weighted by Crippen LogP contribution is 2.39. The van der Waals surface area contributed by atoms with Gasteiger partial charge < -0.3 is 5.32 Å². The zero-order valence-electron chi connectivity index (χ0n) is 10.7. The minimum absolute atomic E-state index is 0.471. The van der Waals surface area contributed by atoms with Gasteiger partial charge in [-0.25, -0.2) is 0 Å². The summed E-state index contributed by atoms with van der Waals surface area (Å²) in [6.07, 6.45) is 4.19. The Morgan fingerprint density at radius 1 is 1.31 bits per heavy atom. The fourth-order valence-corrected chi connectivity index (χ4v) is 2.54. The second-order valence-corrected chi connectivity index (χ2v) is 5.62. The molecule has 1 aromatic carbocycles. The molecule has 0 amide bonds. The molecular weight excluding hydrogens is 194 g/mol.